The number of nitrogens with one attached hydrogen (secondary N) is 2. The van der Waals surface area contributed by atoms with Crippen molar-refractivity contribution in [2.75, 3.05) is 64.7 Å². The van der Waals surface area contributed by atoms with E-state index in [0.29, 0.717) is 18.2 Å². The number of nitrogens with zero attached hydrogens (tertiary/aromatic N) is 2. The lowest BCUT2D eigenvalue weighted by Gasteiger charge is -2.38. The summed E-state index contributed by atoms with van der Waals surface area (Å²) in [6, 6.07) is 15.4. The average molecular weight is 605 g/mol. The highest BCUT2D eigenvalue weighted by Gasteiger charge is 2.26. The molecule has 2 aromatic carbocycles. The zero-order valence-electron chi connectivity index (χ0n) is 26.7. The van der Waals surface area contributed by atoms with Gasteiger partial charge in [0.1, 0.15) is 6.23 Å². The molecule has 5 rings (SSSR count). The zero-order chi connectivity index (χ0) is 31.1. The number of hydrogen-bond acceptors (Lipinski definition) is 8. The standard InChI is InChI=1S/C35H48N4O5/c1-24-19-25(2)37-35(41)32(24)22-36-34(40)31-20-29(28-7-5-27(6-8-28)23-38-11-17-44-18-12-38)21-33(26(31)3)39(13-16-42-4)30-9-14-43-15-10-30/h5-8,19-21,30,34,36,40H,9-18,22-23H2,1-4H3,(H,37,41). The molecule has 3 N–H and O–H groups in total. The van der Waals surface area contributed by atoms with Crippen molar-refractivity contribution in [2.45, 2.75) is 59.0 Å². The number of aliphatic hydroxyl groups is 1. The van der Waals surface area contributed by atoms with Gasteiger partial charge in [-0.15, -0.1) is 0 Å². The fraction of sp³-hybridized carbons (Fsp3) is 0.514. The molecule has 9 nitrogen and oxygen atoms in total. The number of hydrogen-bond donors (Lipinski definition) is 3. The molecule has 0 amide bonds. The van der Waals surface area contributed by atoms with Crippen molar-refractivity contribution < 1.29 is 19.3 Å². The van der Waals surface area contributed by atoms with E-state index in [1.807, 2.05) is 19.9 Å². The van der Waals surface area contributed by atoms with Gasteiger partial charge in [-0.3, -0.25) is 15.0 Å². The smallest absolute Gasteiger partial charge is 0.252 e. The highest BCUT2D eigenvalue weighted by Crippen LogP contribution is 2.36. The maximum Gasteiger partial charge on any atom is 0.252 e. The fourth-order valence-corrected chi connectivity index (χ4v) is 6.39. The number of aryl methyl sites for hydroxylation is 2. The molecule has 0 radical (unpaired) electrons. The van der Waals surface area contributed by atoms with Crippen LogP contribution in [-0.2, 0) is 27.3 Å². The normalized spacial score (nSPS) is 17.1. The van der Waals surface area contributed by atoms with Crippen LogP contribution in [0.25, 0.3) is 11.1 Å². The molecule has 2 saturated heterocycles. The molecule has 238 valence electrons. The fourth-order valence-electron chi connectivity index (χ4n) is 6.39. The molecule has 1 atom stereocenters. The van der Waals surface area contributed by atoms with Crippen molar-refractivity contribution >= 4 is 5.69 Å². The first-order chi connectivity index (χ1) is 21.3. The van der Waals surface area contributed by atoms with E-state index in [1.165, 1.54) is 5.56 Å². The molecule has 9 heteroatoms. The summed E-state index contributed by atoms with van der Waals surface area (Å²) in [4.78, 5) is 20.4. The van der Waals surface area contributed by atoms with Gasteiger partial charge >= 0.3 is 0 Å². The highest BCUT2D eigenvalue weighted by molar-refractivity contribution is 5.73. The number of methoxy groups -OCH3 is 1. The molecule has 3 heterocycles. The minimum Gasteiger partial charge on any atom is -0.383 e. The quantitative estimate of drug-likeness (QED) is 0.265. The number of H-pyrrole nitrogens is 1. The third kappa shape index (κ3) is 7.96. The van der Waals surface area contributed by atoms with Crippen molar-refractivity contribution in [3.63, 3.8) is 0 Å². The Morgan fingerprint density at radius 2 is 1.73 bits per heavy atom. The van der Waals surface area contributed by atoms with Gasteiger partial charge in [0.15, 0.2) is 0 Å². The van der Waals surface area contributed by atoms with E-state index in [-0.39, 0.29) is 12.1 Å². The summed E-state index contributed by atoms with van der Waals surface area (Å²) >= 11 is 0. The van der Waals surface area contributed by atoms with Crippen LogP contribution in [-0.4, -0.2) is 80.8 Å². The predicted molar refractivity (Wildman–Crippen MR) is 174 cm³/mol. The largest absolute Gasteiger partial charge is 0.383 e. The summed E-state index contributed by atoms with van der Waals surface area (Å²) in [6.45, 7) is 13.3. The maximum atomic E-state index is 12.7. The lowest BCUT2D eigenvalue weighted by Crippen LogP contribution is -2.42. The SMILES string of the molecule is COCCN(c1cc(-c2ccc(CN3CCOCC3)cc2)cc(C(O)NCc2c(C)cc(C)[nH]c2=O)c1C)C1CCOCC1. The van der Waals surface area contributed by atoms with Crippen molar-refractivity contribution in [1.82, 2.24) is 15.2 Å². The molecule has 1 unspecified atom stereocenters. The Morgan fingerprint density at radius 1 is 1.02 bits per heavy atom. The predicted octanol–water partition coefficient (Wildman–Crippen LogP) is 4.21. The summed E-state index contributed by atoms with van der Waals surface area (Å²) in [5, 5.41) is 14.8. The van der Waals surface area contributed by atoms with Crippen LogP contribution in [0, 0.1) is 20.8 Å². The minimum absolute atomic E-state index is 0.129. The number of anilines is 1. The van der Waals surface area contributed by atoms with Crippen LogP contribution in [0.5, 0.6) is 0 Å². The van der Waals surface area contributed by atoms with Crippen LogP contribution in [0.15, 0.2) is 47.3 Å². The van der Waals surface area contributed by atoms with Crippen LogP contribution in [0.3, 0.4) is 0 Å². The summed E-state index contributed by atoms with van der Waals surface area (Å²) < 4.78 is 16.7. The van der Waals surface area contributed by atoms with Crippen LogP contribution in [0.2, 0.25) is 0 Å². The first-order valence-electron chi connectivity index (χ1n) is 15.8. The van der Waals surface area contributed by atoms with Gasteiger partial charge in [0.2, 0.25) is 0 Å². The number of ether oxygens (including phenoxy) is 3. The molecule has 0 saturated carbocycles. The van der Waals surface area contributed by atoms with E-state index >= 15 is 0 Å². The molecule has 0 spiro atoms. The third-order valence-electron chi connectivity index (χ3n) is 8.96. The highest BCUT2D eigenvalue weighted by atomic mass is 16.5. The van der Waals surface area contributed by atoms with Crippen LogP contribution >= 0.6 is 0 Å². The lowest BCUT2D eigenvalue weighted by atomic mass is 9.94. The van der Waals surface area contributed by atoms with Crippen molar-refractivity contribution in [2.24, 2.45) is 0 Å². The Labute approximate surface area is 261 Å². The number of morpholine rings is 1. The summed E-state index contributed by atoms with van der Waals surface area (Å²) in [7, 11) is 1.73. The molecule has 1 aromatic heterocycles. The summed E-state index contributed by atoms with van der Waals surface area (Å²) in [5.41, 5.74) is 8.52. The van der Waals surface area contributed by atoms with Crippen LogP contribution in [0.4, 0.5) is 5.69 Å². The molecule has 44 heavy (non-hydrogen) atoms. The Hall–Kier alpha value is -3.05. The minimum atomic E-state index is -0.964. The van der Waals surface area contributed by atoms with E-state index < -0.39 is 6.23 Å². The second-order valence-corrected chi connectivity index (χ2v) is 12.1. The topological polar surface area (TPSA) is 99.3 Å². The van der Waals surface area contributed by atoms with E-state index in [4.69, 9.17) is 14.2 Å². The number of rotatable bonds is 12. The second-order valence-electron chi connectivity index (χ2n) is 12.1. The third-order valence-corrected chi connectivity index (χ3v) is 8.96. The van der Waals surface area contributed by atoms with E-state index in [0.717, 1.165) is 105 Å². The summed E-state index contributed by atoms with van der Waals surface area (Å²) in [6.07, 6.45) is 0.915. The monoisotopic (exact) mass is 604 g/mol. The number of aromatic amines is 1. The average Bonchev–Trinajstić information content (AvgIpc) is 3.02. The molecule has 0 bridgehead atoms. The Bertz CT molecular complexity index is 1430. The van der Waals surface area contributed by atoms with Gasteiger partial charge in [-0.1, -0.05) is 24.3 Å². The van der Waals surface area contributed by atoms with Gasteiger partial charge in [-0.25, -0.2) is 0 Å². The molecule has 0 aliphatic carbocycles. The van der Waals surface area contributed by atoms with E-state index in [1.54, 1.807) is 7.11 Å². The first-order valence-corrected chi connectivity index (χ1v) is 15.8. The molecular formula is C35H48N4O5. The Morgan fingerprint density at radius 3 is 2.41 bits per heavy atom. The maximum absolute atomic E-state index is 12.7. The molecular weight excluding hydrogens is 556 g/mol. The number of aromatic nitrogens is 1. The Balaban J connectivity index is 1.48. The molecule has 2 fully saturated rings. The zero-order valence-corrected chi connectivity index (χ0v) is 26.7. The van der Waals surface area contributed by atoms with Crippen molar-refractivity contribution in [1.29, 1.82) is 0 Å². The van der Waals surface area contributed by atoms with Gasteiger partial charge in [-0.2, -0.15) is 0 Å². The first kappa shape index (κ1) is 32.3. The molecule has 2 aliphatic rings. The van der Waals surface area contributed by atoms with Crippen molar-refractivity contribution in [3.05, 3.63) is 86.3 Å². The van der Waals surface area contributed by atoms with E-state index in [9.17, 15) is 9.90 Å². The van der Waals surface area contributed by atoms with Gasteiger partial charge < -0.3 is 29.2 Å². The van der Waals surface area contributed by atoms with Crippen LogP contribution in [0.1, 0.15) is 52.6 Å². The number of pyridine rings is 1. The summed E-state index contributed by atoms with van der Waals surface area (Å²) in [5.74, 6) is 0. The lowest BCUT2D eigenvalue weighted by molar-refractivity contribution is 0.0342. The molecule has 3 aromatic rings. The number of benzene rings is 2. The number of aliphatic hydroxyl groups excluding tert-OH is 1. The molecule has 2 aliphatic heterocycles. The second kappa shape index (κ2) is 15.3. The van der Waals surface area contributed by atoms with Gasteiger partial charge in [-0.05, 0) is 79.6 Å². The van der Waals surface area contributed by atoms with E-state index in [2.05, 4.69) is 63.4 Å². The van der Waals surface area contributed by atoms with Gasteiger partial charge in [0.05, 0.1) is 19.8 Å². The van der Waals surface area contributed by atoms with Crippen molar-refractivity contribution in [3.8, 4) is 11.1 Å². The van der Waals surface area contributed by atoms with Gasteiger partial charge in [0, 0.05) is 81.6 Å². The Kier molecular flexibility index (Phi) is 11.2. The van der Waals surface area contributed by atoms with Gasteiger partial charge in [0.25, 0.3) is 5.56 Å². The van der Waals surface area contributed by atoms with Crippen LogP contribution < -0.4 is 15.8 Å².